The van der Waals surface area contributed by atoms with Gasteiger partial charge in [0.25, 0.3) is 0 Å². The molecule has 0 aliphatic carbocycles. The van der Waals surface area contributed by atoms with E-state index >= 15 is 0 Å². The van der Waals surface area contributed by atoms with Crippen LogP contribution in [0.25, 0.3) is 0 Å². The summed E-state index contributed by atoms with van der Waals surface area (Å²) in [7, 11) is 0. The molecule has 3 heteroatoms. The lowest BCUT2D eigenvalue weighted by molar-refractivity contribution is -0.137. The van der Waals surface area contributed by atoms with Gasteiger partial charge in [-0.15, -0.1) is 0 Å². The number of rotatable bonds is 4. The van der Waals surface area contributed by atoms with Crippen LogP contribution in [0, 0.1) is 0 Å². The number of carbonyl (C=O) groups is 1. The van der Waals surface area contributed by atoms with Crippen molar-refractivity contribution >= 4 is 5.97 Å². The smallest absolute Gasteiger partial charge is 0.305 e. The first-order valence-corrected chi connectivity index (χ1v) is 5.08. The van der Waals surface area contributed by atoms with Gasteiger partial charge in [0, 0.05) is 6.04 Å². The molecule has 1 unspecified atom stereocenters. The Morgan fingerprint density at radius 2 is 1.87 bits per heavy atom. The van der Waals surface area contributed by atoms with E-state index in [1.807, 2.05) is 24.3 Å². The monoisotopic (exact) mass is 207 g/mol. The zero-order chi connectivity index (χ0) is 11.4. The third-order valence-corrected chi connectivity index (χ3v) is 2.41. The Hall–Kier alpha value is -1.35. The predicted molar refractivity (Wildman–Crippen MR) is 59.7 cm³/mol. The third kappa shape index (κ3) is 3.06. The van der Waals surface area contributed by atoms with E-state index in [1.54, 1.807) is 0 Å². The molecule has 1 rings (SSSR count). The number of nitrogens with two attached hydrogens (primary N) is 1. The Kier molecular flexibility index (Phi) is 3.86. The van der Waals surface area contributed by atoms with E-state index in [1.165, 1.54) is 0 Å². The average molecular weight is 207 g/mol. The van der Waals surface area contributed by atoms with Gasteiger partial charge in [-0.05, 0) is 17.0 Å². The van der Waals surface area contributed by atoms with Crippen molar-refractivity contribution in [2.45, 2.75) is 32.2 Å². The molecule has 0 amide bonds. The second kappa shape index (κ2) is 4.94. The van der Waals surface area contributed by atoms with Crippen LogP contribution in [0.5, 0.6) is 0 Å². The summed E-state index contributed by atoms with van der Waals surface area (Å²) in [5.74, 6) is -0.498. The molecule has 82 valence electrons. The SMILES string of the molecule is CC(C)c1ccccc1C(N)CC(=O)O. The van der Waals surface area contributed by atoms with Crippen molar-refractivity contribution in [3.63, 3.8) is 0 Å². The van der Waals surface area contributed by atoms with Gasteiger partial charge in [0.05, 0.1) is 6.42 Å². The normalized spacial score (nSPS) is 12.8. The highest BCUT2D eigenvalue weighted by molar-refractivity contribution is 5.68. The van der Waals surface area contributed by atoms with Crippen LogP contribution in [0.1, 0.15) is 43.4 Å². The maximum atomic E-state index is 10.6. The van der Waals surface area contributed by atoms with Crippen LogP contribution >= 0.6 is 0 Å². The number of hydrogen-bond acceptors (Lipinski definition) is 2. The molecule has 1 aromatic rings. The lowest BCUT2D eigenvalue weighted by atomic mass is 9.92. The third-order valence-electron chi connectivity index (χ3n) is 2.41. The second-order valence-electron chi connectivity index (χ2n) is 3.99. The van der Waals surface area contributed by atoms with E-state index in [4.69, 9.17) is 10.8 Å². The lowest BCUT2D eigenvalue weighted by Crippen LogP contribution is -2.17. The van der Waals surface area contributed by atoms with Crippen LogP contribution < -0.4 is 5.73 Å². The van der Waals surface area contributed by atoms with Gasteiger partial charge in [0.15, 0.2) is 0 Å². The first-order chi connectivity index (χ1) is 7.02. The molecule has 3 nitrogen and oxygen atoms in total. The molecule has 0 aliphatic rings. The summed E-state index contributed by atoms with van der Waals surface area (Å²) < 4.78 is 0. The van der Waals surface area contributed by atoms with Crippen LogP contribution in [0.2, 0.25) is 0 Å². The maximum absolute atomic E-state index is 10.6. The summed E-state index contributed by atoms with van der Waals surface area (Å²) in [4.78, 5) is 10.6. The number of carboxylic acids is 1. The summed E-state index contributed by atoms with van der Waals surface area (Å²) in [6.07, 6.45) is -0.0241. The molecule has 0 radical (unpaired) electrons. The molecule has 0 heterocycles. The highest BCUT2D eigenvalue weighted by Crippen LogP contribution is 2.25. The van der Waals surface area contributed by atoms with Crippen molar-refractivity contribution < 1.29 is 9.90 Å². The fourth-order valence-electron chi connectivity index (χ4n) is 1.67. The van der Waals surface area contributed by atoms with Crippen molar-refractivity contribution in [3.05, 3.63) is 35.4 Å². The van der Waals surface area contributed by atoms with Gasteiger partial charge in [0.2, 0.25) is 0 Å². The van der Waals surface area contributed by atoms with Gasteiger partial charge in [-0.3, -0.25) is 4.79 Å². The van der Waals surface area contributed by atoms with Gasteiger partial charge in [-0.25, -0.2) is 0 Å². The van der Waals surface area contributed by atoms with Crippen molar-refractivity contribution in [2.24, 2.45) is 5.73 Å². The van der Waals surface area contributed by atoms with Gasteiger partial charge < -0.3 is 10.8 Å². The number of hydrogen-bond donors (Lipinski definition) is 2. The minimum absolute atomic E-state index is 0.0241. The molecule has 0 aliphatic heterocycles. The Morgan fingerprint density at radius 1 is 1.33 bits per heavy atom. The fraction of sp³-hybridized carbons (Fsp3) is 0.417. The average Bonchev–Trinajstić information content (AvgIpc) is 2.16. The molecule has 0 aromatic heterocycles. The van der Waals surface area contributed by atoms with Crippen LogP contribution in [-0.2, 0) is 4.79 Å². The maximum Gasteiger partial charge on any atom is 0.305 e. The lowest BCUT2D eigenvalue weighted by Gasteiger charge is -2.17. The number of aliphatic carboxylic acids is 1. The van der Waals surface area contributed by atoms with Gasteiger partial charge in [-0.2, -0.15) is 0 Å². The Balaban J connectivity index is 2.97. The van der Waals surface area contributed by atoms with Gasteiger partial charge >= 0.3 is 5.97 Å². The molecule has 0 saturated carbocycles. The summed E-state index contributed by atoms with van der Waals surface area (Å²) >= 11 is 0. The largest absolute Gasteiger partial charge is 0.481 e. The molecule has 1 atom stereocenters. The highest BCUT2D eigenvalue weighted by Gasteiger charge is 2.15. The standard InChI is InChI=1S/C12H17NO2/c1-8(2)9-5-3-4-6-10(9)11(13)7-12(14)15/h3-6,8,11H,7,13H2,1-2H3,(H,14,15). The van der Waals surface area contributed by atoms with Crippen LogP contribution in [0.15, 0.2) is 24.3 Å². The first-order valence-electron chi connectivity index (χ1n) is 5.08. The van der Waals surface area contributed by atoms with E-state index in [9.17, 15) is 4.79 Å². The van der Waals surface area contributed by atoms with Crippen molar-refractivity contribution in [3.8, 4) is 0 Å². The fourth-order valence-corrected chi connectivity index (χ4v) is 1.67. The predicted octanol–water partition coefficient (Wildman–Crippen LogP) is 2.28. The minimum atomic E-state index is -0.860. The van der Waals surface area contributed by atoms with E-state index < -0.39 is 12.0 Å². The Morgan fingerprint density at radius 3 is 2.33 bits per heavy atom. The quantitative estimate of drug-likeness (QED) is 0.796. The minimum Gasteiger partial charge on any atom is -0.481 e. The van der Waals surface area contributed by atoms with Crippen LogP contribution in [0.4, 0.5) is 0 Å². The van der Waals surface area contributed by atoms with E-state index in [-0.39, 0.29) is 6.42 Å². The summed E-state index contributed by atoms with van der Waals surface area (Å²) in [6, 6.07) is 7.33. The van der Waals surface area contributed by atoms with Crippen molar-refractivity contribution in [2.75, 3.05) is 0 Å². The molecular formula is C12H17NO2. The van der Waals surface area contributed by atoms with Gasteiger partial charge in [0.1, 0.15) is 0 Å². The van der Waals surface area contributed by atoms with Crippen LogP contribution in [-0.4, -0.2) is 11.1 Å². The Labute approximate surface area is 89.9 Å². The summed E-state index contributed by atoms with van der Waals surface area (Å²) in [5.41, 5.74) is 7.92. The zero-order valence-electron chi connectivity index (χ0n) is 9.10. The topological polar surface area (TPSA) is 63.3 Å². The molecule has 1 aromatic carbocycles. The summed E-state index contributed by atoms with van der Waals surface area (Å²) in [5, 5.41) is 8.69. The first kappa shape index (κ1) is 11.7. The Bertz CT molecular complexity index is 347. The second-order valence-corrected chi connectivity index (χ2v) is 3.99. The number of benzene rings is 1. The van der Waals surface area contributed by atoms with E-state index in [0.717, 1.165) is 11.1 Å². The molecule has 15 heavy (non-hydrogen) atoms. The molecule has 0 saturated heterocycles. The number of carboxylic acid groups (broad SMARTS) is 1. The van der Waals surface area contributed by atoms with Crippen LogP contribution in [0.3, 0.4) is 0 Å². The van der Waals surface area contributed by atoms with E-state index in [0.29, 0.717) is 5.92 Å². The van der Waals surface area contributed by atoms with Crippen molar-refractivity contribution in [1.82, 2.24) is 0 Å². The zero-order valence-corrected chi connectivity index (χ0v) is 9.10. The van der Waals surface area contributed by atoms with Crippen molar-refractivity contribution in [1.29, 1.82) is 0 Å². The summed E-state index contributed by atoms with van der Waals surface area (Å²) in [6.45, 7) is 4.15. The highest BCUT2D eigenvalue weighted by atomic mass is 16.4. The molecule has 0 bridgehead atoms. The van der Waals surface area contributed by atoms with Gasteiger partial charge in [-0.1, -0.05) is 38.1 Å². The molecular weight excluding hydrogens is 190 g/mol. The van der Waals surface area contributed by atoms with E-state index in [2.05, 4.69) is 13.8 Å². The molecule has 0 fully saturated rings. The molecule has 3 N–H and O–H groups in total. The molecule has 0 spiro atoms.